The van der Waals surface area contributed by atoms with Crippen LogP contribution in [0, 0.1) is 6.92 Å². The first kappa shape index (κ1) is 28.4. The molecular formula is C44H37N. The summed E-state index contributed by atoms with van der Waals surface area (Å²) in [4.78, 5) is 2.38. The highest BCUT2D eigenvalue weighted by Gasteiger charge is 2.20. The largest absolute Gasteiger partial charge is 0.310 e. The second-order valence-corrected chi connectivity index (χ2v) is 11.8. The number of hydrogen-bond acceptors (Lipinski definition) is 1. The summed E-state index contributed by atoms with van der Waals surface area (Å²) in [6.45, 7) is 4.51. The standard InChI is InChI=1S/C44H37N/c1-32-15-9-10-20-39(32)40-30-27-36(31-33(40)2)41-21-11-12-22-42(41)43-23-13-14-24-44(43)45(37-18-7-4-8-19-37)38-28-25-35(26-29-38)34-16-5-3-6-17-34/h3-19,21-31,39H,20H2,1-2H3. The normalized spacial score (nSPS) is 14.2. The van der Waals surface area contributed by atoms with Crippen molar-refractivity contribution in [3.05, 3.63) is 187 Å². The quantitative estimate of drug-likeness (QED) is 0.182. The summed E-state index contributed by atoms with van der Waals surface area (Å²) in [6.07, 6.45) is 7.78. The lowest BCUT2D eigenvalue weighted by atomic mass is 9.82. The first-order valence-electron chi connectivity index (χ1n) is 15.8. The van der Waals surface area contributed by atoms with Gasteiger partial charge in [-0.25, -0.2) is 0 Å². The molecule has 1 nitrogen and oxygen atoms in total. The van der Waals surface area contributed by atoms with Gasteiger partial charge >= 0.3 is 0 Å². The third kappa shape index (κ3) is 5.78. The van der Waals surface area contributed by atoms with Gasteiger partial charge < -0.3 is 4.90 Å². The Morgan fingerprint density at radius 2 is 1.09 bits per heavy atom. The van der Waals surface area contributed by atoms with Crippen LogP contribution in [0.3, 0.4) is 0 Å². The van der Waals surface area contributed by atoms with Crippen molar-refractivity contribution in [3.63, 3.8) is 0 Å². The van der Waals surface area contributed by atoms with Crippen LogP contribution >= 0.6 is 0 Å². The van der Waals surface area contributed by atoms with Gasteiger partial charge in [-0.3, -0.25) is 0 Å². The number of para-hydroxylation sites is 2. The summed E-state index contributed by atoms with van der Waals surface area (Å²) in [5.74, 6) is 0.452. The summed E-state index contributed by atoms with van der Waals surface area (Å²) < 4.78 is 0. The Labute approximate surface area is 267 Å². The van der Waals surface area contributed by atoms with Crippen LogP contribution in [-0.2, 0) is 0 Å². The van der Waals surface area contributed by atoms with E-state index in [0.29, 0.717) is 5.92 Å². The molecule has 1 heteroatoms. The van der Waals surface area contributed by atoms with Gasteiger partial charge in [-0.1, -0.05) is 145 Å². The van der Waals surface area contributed by atoms with Gasteiger partial charge in [-0.15, -0.1) is 0 Å². The van der Waals surface area contributed by atoms with Crippen molar-refractivity contribution in [3.8, 4) is 33.4 Å². The van der Waals surface area contributed by atoms with Crippen LogP contribution in [0.1, 0.15) is 30.4 Å². The van der Waals surface area contributed by atoms with Gasteiger partial charge in [-0.05, 0) is 89.5 Å². The van der Waals surface area contributed by atoms with Crippen molar-refractivity contribution in [2.24, 2.45) is 0 Å². The molecule has 0 bridgehead atoms. The zero-order valence-corrected chi connectivity index (χ0v) is 25.9. The zero-order valence-electron chi connectivity index (χ0n) is 25.9. The minimum Gasteiger partial charge on any atom is -0.310 e. The maximum Gasteiger partial charge on any atom is 0.0540 e. The van der Waals surface area contributed by atoms with Crippen molar-refractivity contribution in [1.29, 1.82) is 0 Å². The minimum absolute atomic E-state index is 0.452. The summed E-state index contributed by atoms with van der Waals surface area (Å²) >= 11 is 0. The average Bonchev–Trinajstić information content (AvgIpc) is 3.10. The average molecular weight is 580 g/mol. The number of allylic oxidation sites excluding steroid dienone is 4. The van der Waals surface area contributed by atoms with Gasteiger partial charge in [0.15, 0.2) is 0 Å². The van der Waals surface area contributed by atoms with Crippen molar-refractivity contribution in [1.82, 2.24) is 0 Å². The fourth-order valence-electron chi connectivity index (χ4n) is 6.65. The van der Waals surface area contributed by atoms with Crippen LogP contribution in [-0.4, -0.2) is 0 Å². The van der Waals surface area contributed by atoms with E-state index in [2.05, 4.69) is 189 Å². The second kappa shape index (κ2) is 12.7. The third-order valence-electron chi connectivity index (χ3n) is 8.98. The molecule has 1 unspecified atom stereocenters. The molecule has 1 aliphatic carbocycles. The van der Waals surface area contributed by atoms with Crippen molar-refractivity contribution < 1.29 is 0 Å². The number of anilines is 3. The van der Waals surface area contributed by atoms with Gasteiger partial charge in [0.25, 0.3) is 0 Å². The molecule has 0 aliphatic heterocycles. The number of aryl methyl sites for hydroxylation is 1. The molecule has 0 saturated heterocycles. The number of nitrogens with zero attached hydrogens (tertiary/aromatic N) is 1. The molecule has 0 aromatic heterocycles. The van der Waals surface area contributed by atoms with E-state index in [4.69, 9.17) is 0 Å². The number of benzene rings is 6. The van der Waals surface area contributed by atoms with Crippen LogP contribution < -0.4 is 4.90 Å². The molecular weight excluding hydrogens is 542 g/mol. The molecule has 0 saturated carbocycles. The lowest BCUT2D eigenvalue weighted by molar-refractivity contribution is 0.791. The van der Waals surface area contributed by atoms with Gasteiger partial charge in [0, 0.05) is 22.9 Å². The van der Waals surface area contributed by atoms with E-state index in [-0.39, 0.29) is 0 Å². The minimum atomic E-state index is 0.452. The Morgan fingerprint density at radius 3 is 1.80 bits per heavy atom. The van der Waals surface area contributed by atoms with E-state index in [1.165, 1.54) is 50.1 Å². The number of rotatable bonds is 7. The zero-order chi connectivity index (χ0) is 30.6. The Morgan fingerprint density at radius 1 is 0.511 bits per heavy atom. The first-order valence-corrected chi connectivity index (χ1v) is 15.8. The van der Waals surface area contributed by atoms with Crippen molar-refractivity contribution >= 4 is 17.1 Å². The summed E-state index contributed by atoms with van der Waals surface area (Å²) in [5, 5.41) is 0. The third-order valence-corrected chi connectivity index (χ3v) is 8.98. The van der Waals surface area contributed by atoms with E-state index < -0.39 is 0 Å². The molecule has 0 heterocycles. The van der Waals surface area contributed by atoms with Crippen LogP contribution in [0.15, 0.2) is 175 Å². The molecule has 1 aliphatic rings. The maximum absolute atomic E-state index is 2.38. The predicted octanol–water partition coefficient (Wildman–Crippen LogP) is 12.5. The van der Waals surface area contributed by atoms with E-state index in [9.17, 15) is 0 Å². The van der Waals surface area contributed by atoms with Gasteiger partial charge in [0.2, 0.25) is 0 Å². The first-order chi connectivity index (χ1) is 22.2. The molecule has 6 aromatic rings. The van der Waals surface area contributed by atoms with Gasteiger partial charge in [0.1, 0.15) is 0 Å². The molecule has 1 atom stereocenters. The van der Waals surface area contributed by atoms with E-state index in [1.807, 2.05) is 0 Å². The fraction of sp³-hybridized carbons (Fsp3) is 0.0909. The van der Waals surface area contributed by atoms with Crippen LogP contribution in [0.5, 0.6) is 0 Å². The van der Waals surface area contributed by atoms with Crippen molar-refractivity contribution in [2.75, 3.05) is 4.90 Å². The Hall–Kier alpha value is -5.40. The van der Waals surface area contributed by atoms with Crippen molar-refractivity contribution in [2.45, 2.75) is 26.2 Å². The Kier molecular flexibility index (Phi) is 8.00. The molecule has 0 N–H and O–H groups in total. The van der Waals surface area contributed by atoms with Gasteiger partial charge in [0.05, 0.1) is 5.69 Å². The molecule has 0 amide bonds. The lowest BCUT2D eigenvalue weighted by Crippen LogP contribution is -2.11. The van der Waals surface area contributed by atoms with E-state index >= 15 is 0 Å². The SMILES string of the molecule is CC1=CC=CCC1c1ccc(-c2ccccc2-c2ccccc2N(c2ccccc2)c2ccc(-c3ccccc3)cc2)cc1C. The fourth-order valence-corrected chi connectivity index (χ4v) is 6.65. The highest BCUT2D eigenvalue weighted by Crippen LogP contribution is 2.44. The summed E-state index contributed by atoms with van der Waals surface area (Å²) in [7, 11) is 0. The molecule has 0 radical (unpaired) electrons. The lowest BCUT2D eigenvalue weighted by Gasteiger charge is -2.28. The van der Waals surface area contributed by atoms with E-state index in [1.54, 1.807) is 0 Å². The highest BCUT2D eigenvalue weighted by atomic mass is 15.1. The predicted molar refractivity (Wildman–Crippen MR) is 192 cm³/mol. The summed E-state index contributed by atoms with van der Waals surface area (Å²) in [6, 6.07) is 54.8. The van der Waals surface area contributed by atoms with Crippen LogP contribution in [0.4, 0.5) is 17.1 Å². The highest BCUT2D eigenvalue weighted by molar-refractivity contribution is 5.94. The molecule has 0 spiro atoms. The molecule has 0 fully saturated rings. The van der Waals surface area contributed by atoms with E-state index in [0.717, 1.165) is 23.5 Å². The molecule has 45 heavy (non-hydrogen) atoms. The maximum atomic E-state index is 2.38. The summed E-state index contributed by atoms with van der Waals surface area (Å²) in [5.41, 5.74) is 14.9. The second-order valence-electron chi connectivity index (χ2n) is 11.8. The van der Waals surface area contributed by atoms with Gasteiger partial charge in [-0.2, -0.15) is 0 Å². The molecule has 7 rings (SSSR count). The molecule has 218 valence electrons. The number of hydrogen-bond donors (Lipinski definition) is 0. The Balaban J connectivity index is 1.32. The smallest absolute Gasteiger partial charge is 0.0540 e. The van der Waals surface area contributed by atoms with Crippen LogP contribution in [0.25, 0.3) is 33.4 Å². The Bertz CT molecular complexity index is 1980. The topological polar surface area (TPSA) is 3.24 Å². The monoisotopic (exact) mass is 579 g/mol. The van der Waals surface area contributed by atoms with Crippen LogP contribution in [0.2, 0.25) is 0 Å². The molecule has 6 aromatic carbocycles.